The molecule has 0 saturated carbocycles. The van der Waals surface area contributed by atoms with Gasteiger partial charge in [-0.2, -0.15) is 0 Å². The summed E-state index contributed by atoms with van der Waals surface area (Å²) in [7, 11) is 0. The molecule has 0 bridgehead atoms. The summed E-state index contributed by atoms with van der Waals surface area (Å²) in [5, 5.41) is 8.57. The zero-order valence-corrected chi connectivity index (χ0v) is 9.89. The summed E-state index contributed by atoms with van der Waals surface area (Å²) in [5.74, 6) is -0.903. The van der Waals surface area contributed by atoms with Crippen molar-refractivity contribution in [3.05, 3.63) is 11.6 Å². The molecule has 0 atom stereocenters. The maximum atomic E-state index is 12.0. The SMILES string of the molecule is CCCc1nc(C(=O)N2CC(=O)NC(=O)C2)n[nH]1. The number of carbonyl (C=O) groups is 3. The van der Waals surface area contributed by atoms with E-state index >= 15 is 0 Å². The number of hydrogen-bond acceptors (Lipinski definition) is 5. The van der Waals surface area contributed by atoms with Crippen LogP contribution < -0.4 is 5.32 Å². The van der Waals surface area contributed by atoms with Gasteiger partial charge in [-0.3, -0.25) is 24.8 Å². The monoisotopic (exact) mass is 251 g/mol. The minimum absolute atomic E-state index is 0.0130. The predicted molar refractivity (Wildman–Crippen MR) is 59.4 cm³/mol. The molecule has 18 heavy (non-hydrogen) atoms. The Bertz CT molecular complexity index is 479. The quantitative estimate of drug-likeness (QED) is 0.660. The van der Waals surface area contributed by atoms with Crippen molar-refractivity contribution in [2.45, 2.75) is 19.8 Å². The number of hydrogen-bond donors (Lipinski definition) is 2. The average molecular weight is 251 g/mol. The van der Waals surface area contributed by atoms with Crippen LogP contribution in [0.4, 0.5) is 0 Å². The minimum atomic E-state index is -0.517. The molecule has 0 spiro atoms. The normalized spacial score (nSPS) is 15.7. The largest absolute Gasteiger partial charge is 0.317 e. The average Bonchev–Trinajstić information content (AvgIpc) is 2.76. The lowest BCUT2D eigenvalue weighted by atomic mass is 10.3. The number of nitrogens with one attached hydrogen (secondary N) is 2. The highest BCUT2D eigenvalue weighted by Crippen LogP contribution is 2.03. The van der Waals surface area contributed by atoms with E-state index < -0.39 is 17.7 Å². The number of carbonyl (C=O) groups excluding carboxylic acids is 3. The molecule has 1 fully saturated rings. The topological polar surface area (TPSA) is 108 Å². The number of nitrogens with zero attached hydrogens (tertiary/aromatic N) is 3. The highest BCUT2D eigenvalue weighted by atomic mass is 16.2. The highest BCUT2D eigenvalue weighted by molar-refractivity contribution is 6.04. The number of rotatable bonds is 3. The van der Waals surface area contributed by atoms with Crippen molar-refractivity contribution in [3.63, 3.8) is 0 Å². The zero-order valence-electron chi connectivity index (χ0n) is 9.89. The Kier molecular flexibility index (Phi) is 3.35. The van der Waals surface area contributed by atoms with Crippen molar-refractivity contribution in [3.8, 4) is 0 Å². The van der Waals surface area contributed by atoms with E-state index in [0.29, 0.717) is 12.2 Å². The van der Waals surface area contributed by atoms with E-state index in [2.05, 4.69) is 20.5 Å². The molecule has 0 unspecified atom stereocenters. The van der Waals surface area contributed by atoms with Crippen LogP contribution in [0.2, 0.25) is 0 Å². The molecule has 8 nitrogen and oxygen atoms in total. The molecule has 1 aromatic heterocycles. The predicted octanol–water partition coefficient (Wildman–Crippen LogP) is -1.14. The summed E-state index contributed by atoms with van der Waals surface area (Å²) >= 11 is 0. The Morgan fingerprint density at radius 2 is 2.00 bits per heavy atom. The first kappa shape index (κ1) is 12.2. The number of imide groups is 1. The zero-order chi connectivity index (χ0) is 13.1. The fourth-order valence-electron chi connectivity index (χ4n) is 1.66. The van der Waals surface area contributed by atoms with Crippen LogP contribution in [0, 0.1) is 0 Å². The summed E-state index contributed by atoms with van der Waals surface area (Å²) in [6.07, 6.45) is 1.58. The number of H-pyrrole nitrogens is 1. The first-order valence-corrected chi connectivity index (χ1v) is 5.63. The Morgan fingerprint density at radius 3 is 2.61 bits per heavy atom. The van der Waals surface area contributed by atoms with Crippen LogP contribution in [-0.2, 0) is 16.0 Å². The fraction of sp³-hybridized carbons (Fsp3) is 0.500. The second-order valence-corrected chi connectivity index (χ2v) is 3.99. The molecule has 1 aromatic rings. The van der Waals surface area contributed by atoms with Crippen molar-refractivity contribution in [2.24, 2.45) is 0 Å². The van der Waals surface area contributed by atoms with E-state index in [1.54, 1.807) is 0 Å². The van der Waals surface area contributed by atoms with Crippen LogP contribution in [-0.4, -0.2) is 50.9 Å². The fourth-order valence-corrected chi connectivity index (χ4v) is 1.66. The number of amides is 3. The molecule has 1 saturated heterocycles. The molecule has 2 heterocycles. The van der Waals surface area contributed by atoms with Crippen LogP contribution in [0.3, 0.4) is 0 Å². The van der Waals surface area contributed by atoms with Crippen molar-refractivity contribution < 1.29 is 14.4 Å². The molecule has 2 rings (SSSR count). The van der Waals surface area contributed by atoms with Crippen molar-refractivity contribution in [1.82, 2.24) is 25.4 Å². The van der Waals surface area contributed by atoms with Gasteiger partial charge in [0.1, 0.15) is 18.9 Å². The Morgan fingerprint density at radius 1 is 1.33 bits per heavy atom. The van der Waals surface area contributed by atoms with Gasteiger partial charge in [-0.1, -0.05) is 6.92 Å². The second kappa shape index (κ2) is 4.94. The van der Waals surface area contributed by atoms with Gasteiger partial charge < -0.3 is 4.90 Å². The Labute approximate surface area is 103 Å². The summed E-state index contributed by atoms with van der Waals surface area (Å²) in [5.41, 5.74) is 0. The number of piperazine rings is 1. The van der Waals surface area contributed by atoms with Gasteiger partial charge in [0.25, 0.3) is 5.91 Å². The van der Waals surface area contributed by atoms with Gasteiger partial charge in [0.15, 0.2) is 0 Å². The Hall–Kier alpha value is -2.25. The number of aromatic nitrogens is 3. The van der Waals surface area contributed by atoms with E-state index in [1.165, 1.54) is 0 Å². The summed E-state index contributed by atoms with van der Waals surface area (Å²) in [6, 6.07) is 0. The molecule has 8 heteroatoms. The van der Waals surface area contributed by atoms with Gasteiger partial charge in [0.2, 0.25) is 17.6 Å². The summed E-state index contributed by atoms with van der Waals surface area (Å²) in [4.78, 5) is 39.4. The molecule has 0 aromatic carbocycles. The number of aromatic amines is 1. The molecule has 2 N–H and O–H groups in total. The third kappa shape index (κ3) is 2.53. The molecular formula is C10H13N5O3. The molecule has 96 valence electrons. The summed E-state index contributed by atoms with van der Waals surface area (Å²) < 4.78 is 0. The van der Waals surface area contributed by atoms with E-state index in [0.717, 1.165) is 11.3 Å². The van der Waals surface area contributed by atoms with Gasteiger partial charge in [-0.15, -0.1) is 5.10 Å². The summed E-state index contributed by atoms with van der Waals surface area (Å²) in [6.45, 7) is 1.68. The van der Waals surface area contributed by atoms with E-state index in [4.69, 9.17) is 0 Å². The van der Waals surface area contributed by atoms with E-state index in [9.17, 15) is 14.4 Å². The molecule has 1 aliphatic heterocycles. The third-order valence-electron chi connectivity index (χ3n) is 2.44. The van der Waals surface area contributed by atoms with Crippen LogP contribution in [0.15, 0.2) is 0 Å². The lowest BCUT2D eigenvalue weighted by molar-refractivity contribution is -0.135. The van der Waals surface area contributed by atoms with Crippen LogP contribution in [0.1, 0.15) is 29.8 Å². The second-order valence-electron chi connectivity index (χ2n) is 3.99. The lowest BCUT2D eigenvalue weighted by Gasteiger charge is -2.23. The standard InChI is InChI=1S/C10H13N5O3/c1-2-3-6-11-9(14-13-6)10(18)15-4-7(16)12-8(17)5-15/h2-5H2,1H3,(H,11,13,14)(H,12,16,17). The Balaban J connectivity index is 2.09. The van der Waals surface area contributed by atoms with Gasteiger partial charge in [-0.05, 0) is 6.42 Å². The van der Waals surface area contributed by atoms with Gasteiger partial charge in [0, 0.05) is 6.42 Å². The van der Waals surface area contributed by atoms with E-state index in [-0.39, 0.29) is 18.9 Å². The lowest BCUT2D eigenvalue weighted by Crippen LogP contribution is -2.53. The molecule has 0 aliphatic carbocycles. The van der Waals surface area contributed by atoms with Gasteiger partial charge in [-0.25, -0.2) is 4.98 Å². The number of aryl methyl sites for hydroxylation is 1. The molecular weight excluding hydrogens is 238 g/mol. The van der Waals surface area contributed by atoms with E-state index in [1.807, 2.05) is 6.92 Å². The third-order valence-corrected chi connectivity index (χ3v) is 2.44. The maximum Gasteiger partial charge on any atom is 0.294 e. The van der Waals surface area contributed by atoms with Crippen LogP contribution in [0.5, 0.6) is 0 Å². The van der Waals surface area contributed by atoms with Crippen LogP contribution >= 0.6 is 0 Å². The highest BCUT2D eigenvalue weighted by Gasteiger charge is 2.29. The van der Waals surface area contributed by atoms with Crippen molar-refractivity contribution in [1.29, 1.82) is 0 Å². The first-order chi connectivity index (χ1) is 8.60. The maximum absolute atomic E-state index is 12.0. The first-order valence-electron chi connectivity index (χ1n) is 5.63. The van der Waals surface area contributed by atoms with Crippen molar-refractivity contribution >= 4 is 17.7 Å². The molecule has 3 amide bonds. The molecule has 1 aliphatic rings. The van der Waals surface area contributed by atoms with Gasteiger partial charge >= 0.3 is 0 Å². The van der Waals surface area contributed by atoms with Gasteiger partial charge in [0.05, 0.1) is 0 Å². The van der Waals surface area contributed by atoms with Crippen molar-refractivity contribution in [2.75, 3.05) is 13.1 Å². The van der Waals surface area contributed by atoms with Crippen LogP contribution in [0.25, 0.3) is 0 Å². The molecule has 0 radical (unpaired) electrons. The minimum Gasteiger partial charge on any atom is -0.317 e. The smallest absolute Gasteiger partial charge is 0.294 e.